The topological polar surface area (TPSA) is 123 Å². The van der Waals surface area contributed by atoms with Gasteiger partial charge in [-0.2, -0.15) is 0 Å². The van der Waals surface area contributed by atoms with E-state index in [4.69, 9.17) is 15.9 Å². The van der Waals surface area contributed by atoms with Crippen LogP contribution in [0.5, 0.6) is 0 Å². The first kappa shape index (κ1) is 31.7. The van der Waals surface area contributed by atoms with Gasteiger partial charge in [0, 0.05) is 75.6 Å². The smallest absolute Gasteiger partial charge is 0.256 e. The molecule has 2 aromatic rings. The van der Waals surface area contributed by atoms with E-state index in [0.717, 1.165) is 51.9 Å². The summed E-state index contributed by atoms with van der Waals surface area (Å²) in [5.74, 6) is -1.65. The van der Waals surface area contributed by atoms with Gasteiger partial charge in [0.1, 0.15) is 5.82 Å². The highest BCUT2D eigenvalue weighted by Crippen LogP contribution is 2.21. The molecule has 11 heteroatoms. The van der Waals surface area contributed by atoms with Gasteiger partial charge in [-0.15, -0.1) is 0 Å². The Balaban J connectivity index is 1.09. The lowest BCUT2D eigenvalue weighted by Crippen LogP contribution is -2.53. The van der Waals surface area contributed by atoms with Crippen LogP contribution in [0, 0.1) is 11.2 Å². The summed E-state index contributed by atoms with van der Waals surface area (Å²) in [6, 6.07) is 10.8. The van der Waals surface area contributed by atoms with Crippen LogP contribution < -0.4 is 5.73 Å². The van der Waals surface area contributed by atoms with E-state index in [1.54, 1.807) is 34.1 Å². The van der Waals surface area contributed by atoms with Gasteiger partial charge in [-0.05, 0) is 56.5 Å². The van der Waals surface area contributed by atoms with Crippen LogP contribution in [0.15, 0.2) is 42.5 Å². The van der Waals surface area contributed by atoms with E-state index in [1.807, 2.05) is 0 Å². The number of carbonyl (C=O) groups is 3. The Labute approximate surface area is 258 Å². The van der Waals surface area contributed by atoms with Crippen molar-refractivity contribution in [1.29, 1.82) is 5.41 Å². The summed E-state index contributed by atoms with van der Waals surface area (Å²) >= 11 is 0. The van der Waals surface area contributed by atoms with Crippen molar-refractivity contribution in [2.24, 2.45) is 5.73 Å². The Kier molecular flexibility index (Phi) is 10.4. The van der Waals surface area contributed by atoms with Crippen LogP contribution in [-0.4, -0.2) is 121 Å². The number of hydrogen-bond acceptors (Lipinski definition) is 7. The van der Waals surface area contributed by atoms with Crippen LogP contribution in [-0.2, 0) is 16.0 Å². The predicted octanol–water partition coefficient (Wildman–Crippen LogP) is 2.39. The van der Waals surface area contributed by atoms with E-state index in [9.17, 15) is 18.8 Å². The van der Waals surface area contributed by atoms with Crippen LogP contribution >= 0.6 is 0 Å². The molecule has 0 radical (unpaired) electrons. The van der Waals surface area contributed by atoms with Crippen molar-refractivity contribution in [3.63, 3.8) is 0 Å². The van der Waals surface area contributed by atoms with Gasteiger partial charge in [-0.25, -0.2) is 4.39 Å². The second-order valence-electron chi connectivity index (χ2n) is 12.2. The average Bonchev–Trinajstić information content (AvgIpc) is 3.03. The lowest BCUT2D eigenvalue weighted by molar-refractivity contribution is -0.135. The van der Waals surface area contributed by atoms with Crippen molar-refractivity contribution in [3.8, 4) is 0 Å². The number of halogens is 1. The molecule has 10 nitrogen and oxygen atoms in total. The zero-order chi connectivity index (χ0) is 31.2. The highest BCUT2D eigenvalue weighted by molar-refractivity contribution is 6.09. The fraction of sp³-hybridized carbons (Fsp3) is 0.515. The fourth-order valence-electron chi connectivity index (χ4n) is 6.32. The number of likely N-dealkylation sites (tertiary alicyclic amines) is 2. The molecule has 3 aliphatic heterocycles. The highest BCUT2D eigenvalue weighted by Gasteiger charge is 2.30. The number of ether oxygens (including phenoxy) is 1. The van der Waals surface area contributed by atoms with E-state index >= 15 is 0 Å². The second kappa shape index (κ2) is 14.4. The van der Waals surface area contributed by atoms with E-state index in [0.29, 0.717) is 50.0 Å². The molecule has 3 amide bonds. The van der Waals surface area contributed by atoms with Gasteiger partial charge < -0.3 is 30.6 Å². The number of piperazine rings is 1. The molecule has 0 spiro atoms. The third kappa shape index (κ3) is 7.88. The lowest BCUT2D eigenvalue weighted by atomic mass is 9.96. The van der Waals surface area contributed by atoms with Gasteiger partial charge in [0.25, 0.3) is 5.91 Å². The molecule has 236 valence electrons. The quantitative estimate of drug-likeness (QED) is 0.423. The van der Waals surface area contributed by atoms with Crippen LogP contribution in [0.3, 0.4) is 0 Å². The van der Waals surface area contributed by atoms with Crippen molar-refractivity contribution < 1.29 is 23.5 Å². The van der Waals surface area contributed by atoms with Gasteiger partial charge in [-0.3, -0.25) is 19.3 Å². The summed E-state index contributed by atoms with van der Waals surface area (Å²) in [7, 11) is 2.15. The van der Waals surface area contributed by atoms with Gasteiger partial charge >= 0.3 is 0 Å². The van der Waals surface area contributed by atoms with Gasteiger partial charge in [0.2, 0.25) is 11.8 Å². The summed E-state index contributed by atoms with van der Waals surface area (Å²) in [6.45, 7) is 5.64. The molecule has 0 bridgehead atoms. The van der Waals surface area contributed by atoms with Crippen molar-refractivity contribution in [2.45, 2.75) is 44.3 Å². The molecule has 3 N–H and O–H groups in total. The minimum absolute atomic E-state index is 0.0507. The number of primary amides is 1. The number of nitrogens with zero attached hydrogens (tertiary/aromatic N) is 4. The first-order valence-electron chi connectivity index (χ1n) is 15.6. The van der Waals surface area contributed by atoms with Crippen molar-refractivity contribution in [1.82, 2.24) is 19.6 Å². The number of benzene rings is 2. The zero-order valence-corrected chi connectivity index (χ0v) is 25.5. The molecule has 2 aromatic carbocycles. The zero-order valence-electron chi connectivity index (χ0n) is 25.5. The average molecular weight is 607 g/mol. The molecule has 3 heterocycles. The third-order valence-corrected chi connectivity index (χ3v) is 9.02. The maximum Gasteiger partial charge on any atom is 0.256 e. The molecular weight excluding hydrogens is 563 g/mol. The molecule has 0 unspecified atom stereocenters. The maximum atomic E-state index is 14.8. The first-order valence-corrected chi connectivity index (χ1v) is 15.6. The molecule has 3 saturated heterocycles. The monoisotopic (exact) mass is 606 g/mol. The fourth-order valence-corrected chi connectivity index (χ4v) is 6.32. The van der Waals surface area contributed by atoms with Gasteiger partial charge in [0.15, 0.2) is 0 Å². The lowest BCUT2D eigenvalue weighted by Gasteiger charge is -2.38. The Morgan fingerprint density at radius 1 is 0.841 bits per heavy atom. The number of piperidine rings is 2. The van der Waals surface area contributed by atoms with E-state index in [-0.39, 0.29) is 35.3 Å². The van der Waals surface area contributed by atoms with Crippen molar-refractivity contribution >= 4 is 23.4 Å². The number of amides is 3. The molecule has 3 fully saturated rings. The van der Waals surface area contributed by atoms with E-state index in [2.05, 4.69) is 16.8 Å². The maximum absolute atomic E-state index is 14.8. The number of nitrogens with one attached hydrogen (secondary N) is 1. The number of rotatable bonds is 9. The van der Waals surface area contributed by atoms with Gasteiger partial charge in [-0.1, -0.05) is 24.3 Å². The molecule has 0 aromatic heterocycles. The second-order valence-corrected chi connectivity index (χ2v) is 12.2. The predicted molar refractivity (Wildman–Crippen MR) is 165 cm³/mol. The molecular formula is C33H43FN6O4. The van der Waals surface area contributed by atoms with Crippen LogP contribution in [0.4, 0.5) is 4.39 Å². The van der Waals surface area contributed by atoms with E-state index in [1.165, 1.54) is 18.2 Å². The molecule has 0 saturated carbocycles. The Bertz CT molecular complexity index is 1360. The number of nitrogens with two attached hydrogens (primary N) is 1. The summed E-state index contributed by atoms with van der Waals surface area (Å²) in [6.07, 6.45) is 4.75. The Morgan fingerprint density at radius 2 is 1.43 bits per heavy atom. The first-order chi connectivity index (χ1) is 21.2. The van der Waals surface area contributed by atoms with Crippen LogP contribution in [0.1, 0.15) is 57.5 Å². The summed E-state index contributed by atoms with van der Waals surface area (Å²) in [4.78, 5) is 46.0. The molecule has 44 heavy (non-hydrogen) atoms. The molecule has 3 aliphatic rings. The normalized spacial score (nSPS) is 19.2. The summed E-state index contributed by atoms with van der Waals surface area (Å²) < 4.78 is 21.2. The molecule has 0 atom stereocenters. The molecule has 0 aliphatic carbocycles. The van der Waals surface area contributed by atoms with E-state index < -0.39 is 17.6 Å². The highest BCUT2D eigenvalue weighted by atomic mass is 19.1. The Morgan fingerprint density at radius 3 is 2.07 bits per heavy atom. The number of carbonyl (C=O) groups excluding carboxylic acids is 3. The molecule has 5 rings (SSSR count). The van der Waals surface area contributed by atoms with Crippen LogP contribution in [0.2, 0.25) is 0 Å². The van der Waals surface area contributed by atoms with Crippen molar-refractivity contribution in [2.75, 3.05) is 66.0 Å². The largest absolute Gasteiger partial charge is 0.375 e. The standard InChI is InChI=1S/C33H43FN6O4/c1-37-12-8-24(9-13-37)44-25-10-14-38(15-11-25)22-31(41)39-16-18-40(19-17-39)33(43)28-20-23(6-7-29(28)34)21-30(35)26-4-2-3-5-27(26)32(36)42/h2-7,20,24-25,35H,8-19,21-22H2,1H3,(H2,36,42). The summed E-state index contributed by atoms with van der Waals surface area (Å²) in [5.41, 5.74) is 6.76. The van der Waals surface area contributed by atoms with Gasteiger partial charge in [0.05, 0.1) is 24.3 Å². The van der Waals surface area contributed by atoms with Crippen molar-refractivity contribution in [3.05, 3.63) is 70.5 Å². The minimum atomic E-state index is -0.635. The third-order valence-electron chi connectivity index (χ3n) is 9.02. The Hall–Kier alpha value is -3.67. The van der Waals surface area contributed by atoms with Crippen LogP contribution in [0.25, 0.3) is 0 Å². The SMILES string of the molecule is CN1CCC(OC2CCN(CC(=O)N3CCN(C(=O)c4cc(CC(=N)c5ccccc5C(N)=O)ccc4F)CC3)CC2)CC1. The number of hydrogen-bond donors (Lipinski definition) is 2. The minimum Gasteiger partial charge on any atom is -0.375 e. The summed E-state index contributed by atoms with van der Waals surface area (Å²) in [5, 5.41) is 8.51.